The lowest BCUT2D eigenvalue weighted by Gasteiger charge is -1.95. The summed E-state index contributed by atoms with van der Waals surface area (Å²) in [4.78, 5) is 8.19. The molecular formula is C7H5ClN2. The average molecular weight is 153 g/mol. The lowest BCUT2D eigenvalue weighted by Crippen LogP contribution is -1.83. The summed E-state index contributed by atoms with van der Waals surface area (Å²) in [6.45, 7) is 0. The van der Waals surface area contributed by atoms with Crippen molar-refractivity contribution < 1.29 is 0 Å². The third-order valence-electron chi connectivity index (χ3n) is 1.46. The van der Waals surface area contributed by atoms with Crippen molar-refractivity contribution in [3.8, 4) is 0 Å². The first kappa shape index (κ1) is 5.86. The Hall–Kier alpha value is -0.890. The third-order valence-corrected chi connectivity index (χ3v) is 1.76. The Morgan fingerprint density at radius 1 is 1.50 bits per heavy atom. The molecule has 2 heterocycles. The zero-order valence-electron chi connectivity index (χ0n) is 5.21. The van der Waals surface area contributed by atoms with Crippen LogP contribution in [0, 0.1) is 0 Å². The van der Waals surface area contributed by atoms with Crippen LogP contribution in [0.25, 0.3) is 0 Å². The van der Waals surface area contributed by atoms with Crippen LogP contribution in [0.15, 0.2) is 17.3 Å². The van der Waals surface area contributed by atoms with E-state index >= 15 is 0 Å². The largest absolute Gasteiger partial charge is 0.259 e. The molecule has 10 heavy (non-hydrogen) atoms. The van der Waals surface area contributed by atoms with Crippen molar-refractivity contribution in [1.29, 1.82) is 0 Å². The van der Waals surface area contributed by atoms with Gasteiger partial charge in [-0.15, -0.1) is 0 Å². The molecule has 2 nitrogen and oxygen atoms in total. The number of hydrogen-bond donors (Lipinski definition) is 0. The molecule has 0 aromatic carbocycles. The van der Waals surface area contributed by atoms with Crippen molar-refractivity contribution in [3.63, 3.8) is 0 Å². The van der Waals surface area contributed by atoms with Gasteiger partial charge in [0.1, 0.15) is 5.69 Å². The average Bonchev–Trinajstić information content (AvgIpc) is 2.36. The van der Waals surface area contributed by atoms with Crippen LogP contribution >= 0.6 is 11.6 Å². The second-order valence-electron chi connectivity index (χ2n) is 2.10. The molecule has 0 atom stereocenters. The van der Waals surface area contributed by atoms with Gasteiger partial charge in [-0.1, -0.05) is 11.6 Å². The summed E-state index contributed by atoms with van der Waals surface area (Å²) >= 11 is 5.82. The zero-order chi connectivity index (χ0) is 6.97. The van der Waals surface area contributed by atoms with E-state index in [0.717, 1.165) is 17.8 Å². The molecule has 0 unspecified atom stereocenters. The molecule has 0 N–H and O–H groups in total. The SMILES string of the molecule is Clc1ccnc2c1N=CC2. The molecule has 3 heteroatoms. The Bertz CT molecular complexity index is 294. The van der Waals surface area contributed by atoms with Crippen molar-refractivity contribution >= 4 is 23.5 Å². The fraction of sp³-hybridized carbons (Fsp3) is 0.143. The smallest absolute Gasteiger partial charge is 0.103 e. The van der Waals surface area contributed by atoms with E-state index in [1.54, 1.807) is 12.3 Å². The first-order chi connectivity index (χ1) is 4.88. The lowest BCUT2D eigenvalue weighted by atomic mass is 10.3. The van der Waals surface area contributed by atoms with Gasteiger partial charge in [0.15, 0.2) is 0 Å². The van der Waals surface area contributed by atoms with Crippen molar-refractivity contribution in [2.75, 3.05) is 0 Å². The molecule has 1 aliphatic rings. The number of aliphatic imine (C=N–C) groups is 1. The molecule has 0 amide bonds. The van der Waals surface area contributed by atoms with Crippen LogP contribution in [0.5, 0.6) is 0 Å². The predicted octanol–water partition coefficient (Wildman–Crippen LogP) is 1.99. The zero-order valence-corrected chi connectivity index (χ0v) is 5.97. The molecule has 0 bridgehead atoms. The second-order valence-corrected chi connectivity index (χ2v) is 2.51. The first-order valence-electron chi connectivity index (χ1n) is 3.04. The van der Waals surface area contributed by atoms with Crippen LogP contribution < -0.4 is 0 Å². The lowest BCUT2D eigenvalue weighted by molar-refractivity contribution is 1.18. The minimum absolute atomic E-state index is 0.693. The maximum absolute atomic E-state index is 5.82. The van der Waals surface area contributed by atoms with Gasteiger partial charge < -0.3 is 0 Å². The monoisotopic (exact) mass is 152 g/mol. The van der Waals surface area contributed by atoms with Crippen molar-refractivity contribution in [2.24, 2.45) is 4.99 Å². The topological polar surface area (TPSA) is 25.2 Å². The second kappa shape index (κ2) is 2.06. The normalized spacial score (nSPS) is 13.7. The quantitative estimate of drug-likeness (QED) is 0.558. The maximum atomic E-state index is 5.82. The molecule has 0 fully saturated rings. The van der Waals surface area contributed by atoms with Crippen molar-refractivity contribution in [1.82, 2.24) is 4.98 Å². The minimum atomic E-state index is 0.693. The molecule has 50 valence electrons. The molecule has 0 radical (unpaired) electrons. The number of pyridine rings is 1. The van der Waals surface area contributed by atoms with E-state index in [9.17, 15) is 0 Å². The van der Waals surface area contributed by atoms with Crippen LogP contribution in [-0.4, -0.2) is 11.2 Å². The summed E-state index contributed by atoms with van der Waals surface area (Å²) in [5.41, 5.74) is 1.82. The molecule has 1 aromatic heterocycles. The first-order valence-corrected chi connectivity index (χ1v) is 3.41. The Morgan fingerprint density at radius 2 is 2.40 bits per heavy atom. The van der Waals surface area contributed by atoms with Crippen LogP contribution in [0.1, 0.15) is 5.69 Å². The van der Waals surface area contributed by atoms with Gasteiger partial charge in [0.05, 0.1) is 10.7 Å². The number of fused-ring (bicyclic) bond motifs is 1. The van der Waals surface area contributed by atoms with E-state index in [1.165, 1.54) is 0 Å². The number of halogens is 1. The fourth-order valence-electron chi connectivity index (χ4n) is 0.980. The van der Waals surface area contributed by atoms with E-state index < -0.39 is 0 Å². The summed E-state index contributed by atoms with van der Waals surface area (Å²) in [6, 6.07) is 1.75. The summed E-state index contributed by atoms with van der Waals surface area (Å²) in [5, 5.41) is 0.693. The van der Waals surface area contributed by atoms with Gasteiger partial charge in [0.2, 0.25) is 0 Å². The Kier molecular flexibility index (Phi) is 1.21. The van der Waals surface area contributed by atoms with Gasteiger partial charge in [-0.3, -0.25) is 9.98 Å². The highest BCUT2D eigenvalue weighted by atomic mass is 35.5. The van der Waals surface area contributed by atoms with Crippen LogP contribution in [-0.2, 0) is 6.42 Å². The molecule has 1 aromatic rings. The number of nitrogens with zero attached hydrogens (tertiary/aromatic N) is 2. The molecule has 1 aliphatic heterocycles. The van der Waals surface area contributed by atoms with Gasteiger partial charge in [-0.05, 0) is 6.07 Å². The summed E-state index contributed by atoms with van der Waals surface area (Å²) in [6.07, 6.45) is 4.34. The van der Waals surface area contributed by atoms with Gasteiger partial charge in [-0.25, -0.2) is 0 Å². The van der Waals surface area contributed by atoms with Crippen LogP contribution in [0.4, 0.5) is 5.69 Å². The molecule has 2 rings (SSSR count). The van der Waals surface area contributed by atoms with Crippen LogP contribution in [0.3, 0.4) is 0 Å². The molecule has 0 saturated heterocycles. The van der Waals surface area contributed by atoms with E-state index in [-0.39, 0.29) is 0 Å². The Labute approximate surface area is 63.6 Å². The van der Waals surface area contributed by atoms with E-state index in [4.69, 9.17) is 11.6 Å². The number of aromatic nitrogens is 1. The molecule has 0 spiro atoms. The molecule has 0 aliphatic carbocycles. The van der Waals surface area contributed by atoms with E-state index in [2.05, 4.69) is 9.98 Å². The van der Waals surface area contributed by atoms with Gasteiger partial charge >= 0.3 is 0 Å². The summed E-state index contributed by atoms with van der Waals surface area (Å²) in [5.74, 6) is 0. The molecular weight excluding hydrogens is 148 g/mol. The Balaban J connectivity index is 2.67. The molecule has 0 saturated carbocycles. The van der Waals surface area contributed by atoms with Gasteiger partial charge in [0.25, 0.3) is 0 Å². The highest BCUT2D eigenvalue weighted by Gasteiger charge is 2.09. The summed E-state index contributed by atoms with van der Waals surface area (Å²) in [7, 11) is 0. The third kappa shape index (κ3) is 0.727. The minimum Gasteiger partial charge on any atom is -0.259 e. The van der Waals surface area contributed by atoms with Crippen LogP contribution in [0.2, 0.25) is 5.02 Å². The number of hydrogen-bond acceptors (Lipinski definition) is 2. The van der Waals surface area contributed by atoms with Gasteiger partial charge in [0, 0.05) is 18.8 Å². The maximum Gasteiger partial charge on any atom is 0.103 e. The number of rotatable bonds is 0. The van der Waals surface area contributed by atoms with Crippen molar-refractivity contribution in [2.45, 2.75) is 6.42 Å². The van der Waals surface area contributed by atoms with E-state index in [1.807, 2.05) is 6.21 Å². The van der Waals surface area contributed by atoms with Crippen molar-refractivity contribution in [3.05, 3.63) is 23.0 Å². The fourth-order valence-corrected chi connectivity index (χ4v) is 1.19. The highest BCUT2D eigenvalue weighted by Crippen LogP contribution is 2.29. The van der Waals surface area contributed by atoms with Gasteiger partial charge in [-0.2, -0.15) is 0 Å². The predicted molar refractivity (Wildman–Crippen MR) is 41.1 cm³/mol. The standard InChI is InChI=1S/C7H5ClN2/c8-5-1-3-9-6-2-4-10-7(5)6/h1,3-4H,2H2. The van der Waals surface area contributed by atoms with E-state index in [0.29, 0.717) is 5.02 Å². The Morgan fingerprint density at radius 3 is 3.20 bits per heavy atom. The highest BCUT2D eigenvalue weighted by molar-refractivity contribution is 6.33. The summed E-state index contributed by atoms with van der Waals surface area (Å²) < 4.78 is 0.